The number of benzene rings is 2. The van der Waals surface area contributed by atoms with Crippen molar-refractivity contribution in [2.45, 2.75) is 40.0 Å². The van der Waals surface area contributed by atoms with Gasteiger partial charge in [0.15, 0.2) is 13.2 Å². The minimum absolute atomic E-state index is 0.105. The smallest absolute Gasteiger partial charge is 0.276 e. The Bertz CT molecular complexity index is 841. The van der Waals surface area contributed by atoms with E-state index in [1.165, 1.54) is 0 Å². The zero-order valence-corrected chi connectivity index (χ0v) is 17.1. The highest BCUT2D eigenvalue weighted by molar-refractivity contribution is 5.83. The minimum Gasteiger partial charge on any atom is -0.483 e. The highest BCUT2D eigenvalue weighted by atomic mass is 16.5. The Labute approximate surface area is 166 Å². The molecule has 0 bridgehead atoms. The van der Waals surface area contributed by atoms with E-state index in [0.717, 1.165) is 16.7 Å². The summed E-state index contributed by atoms with van der Waals surface area (Å²) in [5.41, 5.74) is 7.62. The van der Waals surface area contributed by atoms with E-state index in [1.54, 1.807) is 6.07 Å². The number of carbonyl (C=O) groups excluding carboxylic acids is 2. The van der Waals surface area contributed by atoms with Crippen molar-refractivity contribution in [1.29, 1.82) is 0 Å². The Hall–Kier alpha value is -3.02. The van der Waals surface area contributed by atoms with Crippen LogP contribution in [0.5, 0.6) is 11.5 Å². The third kappa shape index (κ3) is 6.01. The third-order valence-electron chi connectivity index (χ3n) is 4.31. The van der Waals surface area contributed by atoms with Crippen LogP contribution >= 0.6 is 0 Å². The topological polar surface area (TPSA) is 76.7 Å². The van der Waals surface area contributed by atoms with Gasteiger partial charge in [0, 0.05) is 0 Å². The van der Waals surface area contributed by atoms with E-state index in [4.69, 9.17) is 9.47 Å². The summed E-state index contributed by atoms with van der Waals surface area (Å²) in [6, 6.07) is 13.2. The molecule has 2 aromatic carbocycles. The van der Waals surface area contributed by atoms with Crippen molar-refractivity contribution in [3.8, 4) is 11.5 Å². The fraction of sp³-hybridized carbons (Fsp3) is 0.364. The first-order valence-corrected chi connectivity index (χ1v) is 9.17. The van der Waals surface area contributed by atoms with Crippen molar-refractivity contribution in [3.05, 3.63) is 59.2 Å². The Kier molecular flexibility index (Phi) is 7.04. The van der Waals surface area contributed by atoms with Crippen LogP contribution in [0, 0.1) is 13.8 Å². The van der Waals surface area contributed by atoms with Gasteiger partial charge in [-0.05, 0) is 48.1 Å². The van der Waals surface area contributed by atoms with Crippen molar-refractivity contribution in [2.24, 2.45) is 0 Å². The maximum atomic E-state index is 12.0. The third-order valence-corrected chi connectivity index (χ3v) is 4.31. The molecule has 2 N–H and O–H groups in total. The van der Waals surface area contributed by atoms with Gasteiger partial charge in [-0.1, -0.05) is 51.1 Å². The quantitative estimate of drug-likeness (QED) is 0.750. The van der Waals surface area contributed by atoms with Crippen LogP contribution < -0.4 is 20.3 Å². The van der Waals surface area contributed by atoms with E-state index in [2.05, 4.69) is 31.6 Å². The van der Waals surface area contributed by atoms with Gasteiger partial charge in [-0.25, -0.2) is 0 Å². The molecule has 0 aliphatic carbocycles. The molecule has 0 fully saturated rings. The molecule has 0 saturated heterocycles. The van der Waals surface area contributed by atoms with Gasteiger partial charge in [0.2, 0.25) is 0 Å². The fourth-order valence-electron chi connectivity index (χ4n) is 2.59. The number of hydrazine groups is 1. The summed E-state index contributed by atoms with van der Waals surface area (Å²) < 4.78 is 11.1. The number of carbonyl (C=O) groups is 2. The molecule has 0 saturated carbocycles. The summed E-state index contributed by atoms with van der Waals surface area (Å²) in [6.07, 6.45) is 0. The van der Waals surface area contributed by atoms with Crippen LogP contribution in [-0.2, 0) is 15.0 Å². The van der Waals surface area contributed by atoms with E-state index in [-0.39, 0.29) is 18.6 Å². The van der Waals surface area contributed by atoms with E-state index in [1.807, 2.05) is 50.2 Å². The molecule has 0 aromatic heterocycles. The maximum absolute atomic E-state index is 12.0. The first-order valence-electron chi connectivity index (χ1n) is 9.17. The second-order valence-corrected chi connectivity index (χ2v) is 7.62. The molecule has 2 amide bonds. The first kappa shape index (κ1) is 21.3. The molecule has 0 radical (unpaired) electrons. The highest BCUT2D eigenvalue weighted by Crippen LogP contribution is 2.30. The number of amides is 2. The minimum atomic E-state index is -0.455. The van der Waals surface area contributed by atoms with Crippen LogP contribution in [0.2, 0.25) is 0 Å². The Balaban J connectivity index is 1.78. The Morgan fingerprint density at radius 3 is 1.96 bits per heavy atom. The van der Waals surface area contributed by atoms with Crippen LogP contribution in [-0.4, -0.2) is 25.0 Å². The van der Waals surface area contributed by atoms with Crippen LogP contribution in [0.4, 0.5) is 0 Å². The average Bonchev–Trinajstić information content (AvgIpc) is 2.65. The van der Waals surface area contributed by atoms with Crippen molar-refractivity contribution < 1.29 is 19.1 Å². The SMILES string of the molecule is Cc1cccc(OCC(=O)NNC(=O)COc2ccccc2C(C)(C)C)c1C. The summed E-state index contributed by atoms with van der Waals surface area (Å²) in [5.74, 6) is 0.381. The first-order chi connectivity index (χ1) is 13.2. The molecule has 28 heavy (non-hydrogen) atoms. The van der Waals surface area contributed by atoms with Gasteiger partial charge in [-0.3, -0.25) is 20.4 Å². The average molecular weight is 384 g/mol. The maximum Gasteiger partial charge on any atom is 0.276 e. The standard InChI is InChI=1S/C22H28N2O4/c1-15-9-8-12-18(16(15)2)27-13-20(25)23-24-21(26)14-28-19-11-7-6-10-17(19)22(3,4)5/h6-12H,13-14H2,1-5H3,(H,23,25)(H,24,26). The lowest BCUT2D eigenvalue weighted by Gasteiger charge is -2.22. The van der Waals surface area contributed by atoms with Crippen molar-refractivity contribution in [1.82, 2.24) is 10.9 Å². The van der Waals surface area contributed by atoms with Gasteiger partial charge in [-0.2, -0.15) is 0 Å². The molecule has 2 rings (SSSR count). The molecule has 0 aliphatic rings. The Morgan fingerprint density at radius 1 is 0.821 bits per heavy atom. The summed E-state index contributed by atoms with van der Waals surface area (Å²) in [6.45, 7) is 9.73. The van der Waals surface area contributed by atoms with E-state index >= 15 is 0 Å². The highest BCUT2D eigenvalue weighted by Gasteiger charge is 2.19. The van der Waals surface area contributed by atoms with Crippen LogP contribution in [0.3, 0.4) is 0 Å². The lowest BCUT2D eigenvalue weighted by molar-refractivity contribution is -0.131. The van der Waals surface area contributed by atoms with Gasteiger partial charge in [0.05, 0.1) is 0 Å². The fourth-order valence-corrected chi connectivity index (χ4v) is 2.59. The largest absolute Gasteiger partial charge is 0.483 e. The number of para-hydroxylation sites is 1. The van der Waals surface area contributed by atoms with Gasteiger partial charge in [-0.15, -0.1) is 0 Å². The zero-order chi connectivity index (χ0) is 20.7. The molecule has 0 atom stereocenters. The number of rotatable bonds is 6. The van der Waals surface area contributed by atoms with Gasteiger partial charge >= 0.3 is 0 Å². The molecular formula is C22H28N2O4. The monoisotopic (exact) mass is 384 g/mol. The lowest BCUT2D eigenvalue weighted by Crippen LogP contribution is -2.45. The number of ether oxygens (including phenoxy) is 2. The van der Waals surface area contributed by atoms with Gasteiger partial charge < -0.3 is 9.47 Å². The lowest BCUT2D eigenvalue weighted by atomic mass is 9.86. The van der Waals surface area contributed by atoms with Crippen molar-refractivity contribution >= 4 is 11.8 Å². The number of hydrogen-bond acceptors (Lipinski definition) is 4. The number of hydrogen-bond donors (Lipinski definition) is 2. The van der Waals surface area contributed by atoms with E-state index < -0.39 is 11.8 Å². The van der Waals surface area contributed by atoms with Crippen molar-refractivity contribution in [3.63, 3.8) is 0 Å². The molecule has 0 spiro atoms. The van der Waals surface area contributed by atoms with Crippen molar-refractivity contribution in [2.75, 3.05) is 13.2 Å². The second-order valence-electron chi connectivity index (χ2n) is 7.62. The molecule has 0 unspecified atom stereocenters. The van der Waals surface area contributed by atoms with E-state index in [0.29, 0.717) is 11.5 Å². The second kappa shape index (κ2) is 9.26. The Morgan fingerprint density at radius 2 is 1.36 bits per heavy atom. The summed E-state index contributed by atoms with van der Waals surface area (Å²) in [7, 11) is 0. The van der Waals surface area contributed by atoms with Crippen LogP contribution in [0.15, 0.2) is 42.5 Å². The summed E-state index contributed by atoms with van der Waals surface area (Å²) in [4.78, 5) is 23.8. The molecule has 2 aromatic rings. The number of aryl methyl sites for hydroxylation is 1. The normalized spacial score (nSPS) is 10.9. The predicted molar refractivity (Wildman–Crippen MR) is 108 cm³/mol. The van der Waals surface area contributed by atoms with Crippen LogP contribution in [0.1, 0.15) is 37.5 Å². The number of nitrogens with one attached hydrogen (secondary N) is 2. The molecule has 6 nitrogen and oxygen atoms in total. The van der Waals surface area contributed by atoms with Gasteiger partial charge in [0.25, 0.3) is 11.8 Å². The van der Waals surface area contributed by atoms with Crippen LogP contribution in [0.25, 0.3) is 0 Å². The zero-order valence-electron chi connectivity index (χ0n) is 17.1. The molecule has 150 valence electrons. The summed E-state index contributed by atoms with van der Waals surface area (Å²) in [5, 5.41) is 0. The molecule has 6 heteroatoms. The van der Waals surface area contributed by atoms with E-state index in [9.17, 15) is 9.59 Å². The van der Waals surface area contributed by atoms with Gasteiger partial charge in [0.1, 0.15) is 11.5 Å². The molecular weight excluding hydrogens is 356 g/mol. The summed E-state index contributed by atoms with van der Waals surface area (Å²) >= 11 is 0. The molecule has 0 aliphatic heterocycles. The molecule has 0 heterocycles. The predicted octanol–water partition coefficient (Wildman–Crippen LogP) is 3.21.